The average molecular weight is 489 g/mol. The number of fused-ring (bicyclic) bond motifs is 1. The lowest BCUT2D eigenvalue weighted by Crippen LogP contribution is -2.15. The van der Waals surface area contributed by atoms with Crippen LogP contribution >= 0.6 is 11.6 Å². The molecule has 0 spiro atoms. The summed E-state index contributed by atoms with van der Waals surface area (Å²) in [5, 5.41) is 15.0. The van der Waals surface area contributed by atoms with Crippen LogP contribution < -0.4 is 21.1 Å². The van der Waals surface area contributed by atoms with Gasteiger partial charge in [0, 0.05) is 35.7 Å². The molecule has 4 heterocycles. The highest BCUT2D eigenvalue weighted by molar-refractivity contribution is 6.31. The molecule has 5 rings (SSSR count). The average Bonchev–Trinajstić information content (AvgIpc) is 3.52. The van der Waals surface area contributed by atoms with Gasteiger partial charge in [-0.15, -0.1) is 5.10 Å². The SMILES string of the molecule is Nc1nn2cccnc2c1C(=O)Nc1cn([C@H]2CCNC2)nc1-c1cc(Cl)ccc1OC(F)F. The van der Waals surface area contributed by atoms with Crippen molar-refractivity contribution in [2.75, 3.05) is 24.1 Å². The van der Waals surface area contributed by atoms with Gasteiger partial charge in [0.05, 0.1) is 11.7 Å². The first-order valence-corrected chi connectivity index (χ1v) is 10.7. The highest BCUT2D eigenvalue weighted by atomic mass is 35.5. The normalized spacial score (nSPS) is 15.8. The first-order valence-electron chi connectivity index (χ1n) is 10.4. The van der Waals surface area contributed by atoms with Crippen LogP contribution in [-0.2, 0) is 0 Å². The van der Waals surface area contributed by atoms with Crippen LogP contribution in [0.1, 0.15) is 22.8 Å². The molecule has 1 aliphatic rings. The zero-order valence-electron chi connectivity index (χ0n) is 17.6. The van der Waals surface area contributed by atoms with Gasteiger partial charge in [-0.2, -0.15) is 13.9 Å². The number of hydrogen-bond acceptors (Lipinski definition) is 7. The molecule has 3 aromatic heterocycles. The number of carbonyl (C=O) groups excluding carboxylic acids is 1. The molecule has 4 N–H and O–H groups in total. The van der Waals surface area contributed by atoms with Crippen LogP contribution in [0.2, 0.25) is 5.02 Å². The van der Waals surface area contributed by atoms with Crippen molar-refractivity contribution in [3.05, 3.63) is 53.4 Å². The van der Waals surface area contributed by atoms with Gasteiger partial charge in [-0.3, -0.25) is 9.48 Å². The van der Waals surface area contributed by atoms with E-state index in [9.17, 15) is 13.6 Å². The van der Waals surface area contributed by atoms with Gasteiger partial charge in [0.25, 0.3) is 5.91 Å². The summed E-state index contributed by atoms with van der Waals surface area (Å²) in [5.41, 5.74) is 7.03. The fourth-order valence-corrected chi connectivity index (χ4v) is 4.10. The van der Waals surface area contributed by atoms with Crippen molar-refractivity contribution < 1.29 is 18.3 Å². The van der Waals surface area contributed by atoms with Gasteiger partial charge in [0.15, 0.2) is 11.5 Å². The number of ether oxygens (including phenoxy) is 1. The Bertz CT molecular complexity index is 1370. The van der Waals surface area contributed by atoms with Crippen molar-refractivity contribution in [3.8, 4) is 17.0 Å². The van der Waals surface area contributed by atoms with Crippen molar-refractivity contribution in [1.82, 2.24) is 29.7 Å². The van der Waals surface area contributed by atoms with E-state index in [2.05, 4.69) is 30.6 Å². The lowest BCUT2D eigenvalue weighted by Gasteiger charge is -2.11. The maximum Gasteiger partial charge on any atom is 0.387 e. The van der Waals surface area contributed by atoms with E-state index in [4.69, 9.17) is 17.3 Å². The van der Waals surface area contributed by atoms with Crippen LogP contribution in [0.3, 0.4) is 0 Å². The zero-order valence-corrected chi connectivity index (χ0v) is 18.3. The summed E-state index contributed by atoms with van der Waals surface area (Å²) in [6, 6.07) is 5.90. The van der Waals surface area contributed by atoms with Crippen molar-refractivity contribution >= 4 is 34.7 Å². The number of benzene rings is 1. The molecule has 1 saturated heterocycles. The second kappa shape index (κ2) is 8.88. The Morgan fingerprint density at radius 3 is 2.97 bits per heavy atom. The van der Waals surface area contributed by atoms with Gasteiger partial charge in [-0.1, -0.05) is 11.6 Å². The quantitative estimate of drug-likeness (QED) is 0.380. The number of alkyl halides is 2. The van der Waals surface area contributed by atoms with Gasteiger partial charge in [-0.25, -0.2) is 9.50 Å². The summed E-state index contributed by atoms with van der Waals surface area (Å²) in [4.78, 5) is 17.4. The molecule has 0 radical (unpaired) electrons. The zero-order chi connectivity index (χ0) is 23.8. The molecular weight excluding hydrogens is 470 g/mol. The summed E-state index contributed by atoms with van der Waals surface area (Å²) in [6.45, 7) is -1.57. The molecule has 0 unspecified atom stereocenters. The lowest BCUT2D eigenvalue weighted by atomic mass is 10.1. The Kier molecular flexibility index (Phi) is 5.75. The van der Waals surface area contributed by atoms with Gasteiger partial charge < -0.3 is 21.1 Å². The molecule has 1 atom stereocenters. The van der Waals surface area contributed by atoms with Gasteiger partial charge >= 0.3 is 6.61 Å². The van der Waals surface area contributed by atoms with Crippen molar-refractivity contribution in [2.45, 2.75) is 19.1 Å². The van der Waals surface area contributed by atoms with E-state index >= 15 is 0 Å². The molecule has 0 bridgehead atoms. The largest absolute Gasteiger partial charge is 0.434 e. The van der Waals surface area contributed by atoms with E-state index < -0.39 is 12.5 Å². The standard InChI is InChI=1S/C21H19ClF2N8O2/c22-11-2-3-15(34-21(23)24)13(8-11)17-14(10-32(29-17)12-4-6-26-9-12)28-20(33)16-18(25)30-31-7-1-5-27-19(16)31/h1-3,5,7-8,10,12,21,26H,4,6,9H2,(H2,25,30)(H,28,33)/t12-/m0/s1. The van der Waals surface area contributed by atoms with Crippen LogP contribution in [0.4, 0.5) is 20.3 Å². The minimum Gasteiger partial charge on any atom is -0.434 e. The molecule has 1 aliphatic heterocycles. The number of nitrogen functional groups attached to an aromatic ring is 1. The summed E-state index contributed by atoms with van der Waals surface area (Å²) >= 11 is 6.15. The van der Waals surface area contributed by atoms with Crippen molar-refractivity contribution in [2.24, 2.45) is 0 Å². The van der Waals surface area contributed by atoms with E-state index in [1.165, 1.54) is 28.9 Å². The fourth-order valence-electron chi connectivity index (χ4n) is 3.93. The van der Waals surface area contributed by atoms with Gasteiger partial charge in [0.2, 0.25) is 0 Å². The second-order valence-corrected chi connectivity index (χ2v) is 8.08. The minimum atomic E-state index is -3.05. The number of hydrogen-bond donors (Lipinski definition) is 3. The number of amides is 1. The number of rotatable bonds is 6. The maximum atomic E-state index is 13.2. The Balaban J connectivity index is 1.59. The third-order valence-corrected chi connectivity index (χ3v) is 5.69. The lowest BCUT2D eigenvalue weighted by molar-refractivity contribution is -0.0494. The number of nitrogens with two attached hydrogens (primary N) is 1. The molecule has 13 heteroatoms. The molecule has 10 nitrogen and oxygen atoms in total. The summed E-state index contributed by atoms with van der Waals surface area (Å²) in [7, 11) is 0. The van der Waals surface area contributed by atoms with E-state index in [0.717, 1.165) is 13.0 Å². The predicted molar refractivity (Wildman–Crippen MR) is 121 cm³/mol. The molecule has 1 amide bonds. The first kappa shape index (κ1) is 22.0. The van der Waals surface area contributed by atoms with Crippen LogP contribution in [0.25, 0.3) is 16.9 Å². The fraction of sp³-hybridized carbons (Fsp3) is 0.238. The van der Waals surface area contributed by atoms with Crippen LogP contribution in [-0.4, -0.2) is 50.0 Å². The summed E-state index contributed by atoms with van der Waals surface area (Å²) in [5.74, 6) is -0.702. The minimum absolute atomic E-state index is 0.00499. The highest BCUT2D eigenvalue weighted by Gasteiger charge is 2.26. The number of aromatic nitrogens is 5. The van der Waals surface area contributed by atoms with Gasteiger partial charge in [-0.05, 0) is 37.2 Å². The molecule has 0 saturated carbocycles. The number of nitrogens with zero attached hydrogens (tertiary/aromatic N) is 5. The summed E-state index contributed by atoms with van der Waals surface area (Å²) in [6.07, 6.45) is 5.60. The van der Waals surface area contributed by atoms with E-state index in [1.807, 2.05) is 0 Å². The molecular formula is C21H19ClF2N8O2. The number of halogens is 3. The summed E-state index contributed by atoms with van der Waals surface area (Å²) < 4.78 is 33.9. The number of nitrogens with one attached hydrogen (secondary N) is 2. The predicted octanol–water partition coefficient (Wildman–Crippen LogP) is 3.22. The smallest absolute Gasteiger partial charge is 0.387 e. The Morgan fingerprint density at radius 1 is 1.35 bits per heavy atom. The molecule has 4 aromatic rings. The molecule has 1 aromatic carbocycles. The Morgan fingerprint density at radius 2 is 2.21 bits per heavy atom. The first-order chi connectivity index (χ1) is 16.4. The number of anilines is 2. The van der Waals surface area contributed by atoms with Crippen molar-refractivity contribution in [3.63, 3.8) is 0 Å². The topological polar surface area (TPSA) is 124 Å². The van der Waals surface area contributed by atoms with Crippen molar-refractivity contribution in [1.29, 1.82) is 0 Å². The molecule has 0 aliphatic carbocycles. The Labute approximate surface area is 196 Å². The second-order valence-electron chi connectivity index (χ2n) is 7.64. The van der Waals surface area contributed by atoms with Crippen LogP contribution in [0, 0.1) is 0 Å². The highest BCUT2D eigenvalue weighted by Crippen LogP contribution is 2.38. The maximum absolute atomic E-state index is 13.2. The number of carbonyl (C=O) groups is 1. The van der Waals surface area contributed by atoms with Crippen LogP contribution in [0.5, 0.6) is 5.75 Å². The molecule has 176 valence electrons. The third kappa shape index (κ3) is 4.13. The van der Waals surface area contributed by atoms with E-state index in [-0.39, 0.29) is 45.8 Å². The monoisotopic (exact) mass is 488 g/mol. The van der Waals surface area contributed by atoms with E-state index in [1.54, 1.807) is 23.1 Å². The Hall–Kier alpha value is -3.77. The molecule has 34 heavy (non-hydrogen) atoms. The van der Waals surface area contributed by atoms with Crippen LogP contribution in [0.15, 0.2) is 42.9 Å². The van der Waals surface area contributed by atoms with Gasteiger partial charge in [0.1, 0.15) is 17.0 Å². The van der Waals surface area contributed by atoms with E-state index in [0.29, 0.717) is 11.6 Å². The third-order valence-electron chi connectivity index (χ3n) is 5.45. The molecule has 1 fully saturated rings.